The highest BCUT2D eigenvalue weighted by Crippen LogP contribution is 2.37. The van der Waals surface area contributed by atoms with Gasteiger partial charge < -0.3 is 25.6 Å². The number of ether oxygens (including phenoxy) is 1. The fourth-order valence-electron chi connectivity index (χ4n) is 2.99. The molecular formula is C16H22Cl2N2O4. The average Bonchev–Trinajstić information content (AvgIpc) is 2.57. The van der Waals surface area contributed by atoms with E-state index < -0.39 is 12.1 Å². The normalized spacial score (nSPS) is 18.5. The Labute approximate surface area is 151 Å². The largest absolute Gasteiger partial charge is 0.508 e. The van der Waals surface area contributed by atoms with Crippen LogP contribution in [0.25, 0.3) is 0 Å². The molecule has 1 aromatic carbocycles. The van der Waals surface area contributed by atoms with E-state index in [0.29, 0.717) is 36.5 Å². The maximum Gasteiger partial charge on any atom is 0.253 e. The predicted molar refractivity (Wildman–Crippen MR) is 92.2 cm³/mol. The minimum atomic E-state index is -1.14. The molecule has 1 aliphatic rings. The number of aromatic hydroxyl groups is 1. The summed E-state index contributed by atoms with van der Waals surface area (Å²) in [6, 6.07) is 2.57. The maximum atomic E-state index is 12.1. The van der Waals surface area contributed by atoms with E-state index in [0.717, 1.165) is 0 Å². The zero-order valence-electron chi connectivity index (χ0n) is 13.4. The van der Waals surface area contributed by atoms with Crippen LogP contribution in [-0.2, 0) is 9.53 Å². The van der Waals surface area contributed by atoms with Crippen molar-refractivity contribution >= 4 is 29.1 Å². The number of aliphatic hydroxyl groups excluding tert-OH is 1. The zero-order chi connectivity index (χ0) is 17.9. The fourth-order valence-corrected chi connectivity index (χ4v) is 3.32. The van der Waals surface area contributed by atoms with Crippen molar-refractivity contribution in [3.8, 4) is 5.75 Å². The average molecular weight is 377 g/mol. The van der Waals surface area contributed by atoms with Gasteiger partial charge in [-0.3, -0.25) is 4.79 Å². The number of hydrogen-bond donors (Lipinski definition) is 3. The molecule has 8 heteroatoms. The Balaban J connectivity index is 1.99. The van der Waals surface area contributed by atoms with E-state index in [4.69, 9.17) is 33.7 Å². The second kappa shape index (κ2) is 8.36. The molecule has 24 heavy (non-hydrogen) atoms. The van der Waals surface area contributed by atoms with Gasteiger partial charge in [0, 0.05) is 37.9 Å². The Bertz CT molecular complexity index is 592. The predicted octanol–water partition coefficient (Wildman–Crippen LogP) is 1.94. The summed E-state index contributed by atoms with van der Waals surface area (Å²) in [5.41, 5.74) is 6.83. The lowest BCUT2D eigenvalue weighted by Gasteiger charge is -2.35. The summed E-state index contributed by atoms with van der Waals surface area (Å²) < 4.78 is 4.80. The summed E-state index contributed by atoms with van der Waals surface area (Å²) in [6.07, 6.45) is 0.206. The summed E-state index contributed by atoms with van der Waals surface area (Å²) in [7, 11) is 1.44. The molecule has 1 fully saturated rings. The number of nitrogens with two attached hydrogens (primary N) is 1. The lowest BCUT2D eigenvalue weighted by atomic mass is 9.85. The Morgan fingerprint density at radius 1 is 1.38 bits per heavy atom. The van der Waals surface area contributed by atoms with E-state index >= 15 is 0 Å². The molecule has 1 saturated heterocycles. The zero-order valence-corrected chi connectivity index (χ0v) is 14.9. The number of rotatable bonds is 5. The van der Waals surface area contributed by atoms with Crippen LogP contribution in [-0.4, -0.2) is 53.9 Å². The second-order valence-corrected chi connectivity index (χ2v) is 6.80. The van der Waals surface area contributed by atoms with Gasteiger partial charge in [-0.05, 0) is 24.8 Å². The van der Waals surface area contributed by atoms with Gasteiger partial charge >= 0.3 is 0 Å². The minimum absolute atomic E-state index is 0.0184. The van der Waals surface area contributed by atoms with Gasteiger partial charge in [-0.15, -0.1) is 0 Å². The van der Waals surface area contributed by atoms with E-state index in [1.54, 1.807) is 11.0 Å². The number of phenolic OH excluding ortho intramolecular Hbond substituents is 1. The highest BCUT2D eigenvalue weighted by atomic mass is 35.5. The maximum absolute atomic E-state index is 12.1. The summed E-state index contributed by atoms with van der Waals surface area (Å²) in [5, 5.41) is 20.4. The van der Waals surface area contributed by atoms with Crippen LogP contribution in [0.15, 0.2) is 12.1 Å². The number of phenols is 1. The van der Waals surface area contributed by atoms with Crippen LogP contribution in [0, 0.1) is 5.92 Å². The van der Waals surface area contributed by atoms with Gasteiger partial charge in [-0.1, -0.05) is 23.2 Å². The van der Waals surface area contributed by atoms with Crippen LogP contribution >= 0.6 is 23.2 Å². The van der Waals surface area contributed by atoms with Crippen molar-refractivity contribution in [2.24, 2.45) is 11.7 Å². The van der Waals surface area contributed by atoms with E-state index in [-0.39, 0.29) is 29.2 Å². The van der Waals surface area contributed by atoms with Gasteiger partial charge in [-0.2, -0.15) is 0 Å². The molecule has 1 aliphatic heterocycles. The van der Waals surface area contributed by atoms with Crippen LogP contribution in [0.2, 0.25) is 10.0 Å². The van der Waals surface area contributed by atoms with Crippen molar-refractivity contribution in [2.45, 2.75) is 25.0 Å². The highest BCUT2D eigenvalue weighted by Gasteiger charge is 2.31. The lowest BCUT2D eigenvalue weighted by molar-refractivity contribution is -0.144. The van der Waals surface area contributed by atoms with E-state index in [2.05, 4.69) is 0 Å². The number of carbonyl (C=O) groups excluding carboxylic acids is 1. The third kappa shape index (κ3) is 4.32. The molecule has 0 saturated carbocycles. The molecule has 134 valence electrons. The van der Waals surface area contributed by atoms with Crippen molar-refractivity contribution in [1.82, 2.24) is 4.90 Å². The Kier molecular flexibility index (Phi) is 6.71. The minimum Gasteiger partial charge on any atom is -0.508 e. The van der Waals surface area contributed by atoms with Crippen LogP contribution in [0.4, 0.5) is 0 Å². The summed E-state index contributed by atoms with van der Waals surface area (Å²) >= 11 is 11.9. The van der Waals surface area contributed by atoms with Gasteiger partial charge in [0.15, 0.2) is 6.10 Å². The van der Waals surface area contributed by atoms with Crippen molar-refractivity contribution in [3.63, 3.8) is 0 Å². The Morgan fingerprint density at radius 2 is 1.96 bits per heavy atom. The summed E-state index contributed by atoms with van der Waals surface area (Å²) in [6.45, 7) is 0.982. The molecule has 1 aromatic rings. The van der Waals surface area contributed by atoms with Crippen molar-refractivity contribution in [2.75, 3.05) is 26.8 Å². The molecule has 0 bridgehead atoms. The van der Waals surface area contributed by atoms with Gasteiger partial charge in [0.2, 0.25) is 0 Å². The van der Waals surface area contributed by atoms with E-state index in [9.17, 15) is 15.0 Å². The van der Waals surface area contributed by atoms with E-state index in [1.165, 1.54) is 13.2 Å². The molecule has 0 radical (unpaired) electrons. The molecule has 4 N–H and O–H groups in total. The molecular weight excluding hydrogens is 355 g/mol. The van der Waals surface area contributed by atoms with Crippen LogP contribution < -0.4 is 5.73 Å². The first-order valence-electron chi connectivity index (χ1n) is 7.74. The molecule has 6 nitrogen and oxygen atoms in total. The lowest BCUT2D eigenvalue weighted by Crippen LogP contribution is -2.46. The number of nitrogens with zero attached hydrogens (tertiary/aromatic N) is 1. The topological polar surface area (TPSA) is 96.0 Å². The van der Waals surface area contributed by atoms with Gasteiger partial charge in [0.25, 0.3) is 5.91 Å². The fraction of sp³-hybridized carbons (Fsp3) is 0.562. The smallest absolute Gasteiger partial charge is 0.253 e. The molecule has 0 spiro atoms. The third-order valence-electron chi connectivity index (χ3n) is 4.40. The van der Waals surface area contributed by atoms with Gasteiger partial charge in [0.1, 0.15) is 5.75 Å². The quantitative estimate of drug-likeness (QED) is 0.729. The van der Waals surface area contributed by atoms with Crippen LogP contribution in [0.1, 0.15) is 24.4 Å². The first kappa shape index (κ1) is 19.3. The first-order valence-corrected chi connectivity index (χ1v) is 8.50. The molecule has 1 amide bonds. The Hall–Kier alpha value is -1.05. The number of amides is 1. The molecule has 0 aromatic heterocycles. The third-order valence-corrected chi connectivity index (χ3v) is 5.12. The van der Waals surface area contributed by atoms with Crippen LogP contribution in [0.3, 0.4) is 0 Å². The van der Waals surface area contributed by atoms with Gasteiger partial charge in [0.05, 0.1) is 16.7 Å². The molecule has 0 unspecified atom stereocenters. The van der Waals surface area contributed by atoms with E-state index in [1.807, 2.05) is 0 Å². The highest BCUT2D eigenvalue weighted by molar-refractivity contribution is 6.42. The number of methoxy groups -OCH3 is 1. The molecule has 0 aliphatic carbocycles. The number of piperidine rings is 1. The molecule has 2 rings (SSSR count). The summed E-state index contributed by atoms with van der Waals surface area (Å²) in [5.74, 6) is -0.219. The van der Waals surface area contributed by atoms with Crippen molar-refractivity contribution < 1.29 is 19.7 Å². The monoisotopic (exact) mass is 376 g/mol. The molecule has 2 atom stereocenters. The van der Waals surface area contributed by atoms with Crippen LogP contribution in [0.5, 0.6) is 5.75 Å². The SMILES string of the molecule is COC[C@H](O)C(=O)N1CCC([C@@H](N)c2cc(Cl)c(Cl)cc2O)CC1. The van der Waals surface area contributed by atoms with Gasteiger partial charge in [-0.25, -0.2) is 0 Å². The van der Waals surface area contributed by atoms with Crippen molar-refractivity contribution in [1.29, 1.82) is 0 Å². The summed E-state index contributed by atoms with van der Waals surface area (Å²) in [4.78, 5) is 13.7. The number of aliphatic hydroxyl groups is 1. The number of halogens is 2. The number of hydrogen-bond acceptors (Lipinski definition) is 5. The number of benzene rings is 1. The molecule has 1 heterocycles. The van der Waals surface area contributed by atoms with Crippen molar-refractivity contribution in [3.05, 3.63) is 27.7 Å². The second-order valence-electron chi connectivity index (χ2n) is 5.98. The standard InChI is InChI=1S/C16H22Cl2N2O4/c1-24-8-14(22)16(23)20-4-2-9(3-5-20)15(19)10-6-11(17)12(18)7-13(10)21/h6-7,9,14-15,21-22H,2-5,8,19H2,1H3/t14-,15+/m0/s1. The number of likely N-dealkylation sites (tertiary alicyclic amines) is 1. The Morgan fingerprint density at radius 3 is 2.54 bits per heavy atom. The first-order chi connectivity index (χ1) is 11.3. The number of carbonyl (C=O) groups is 1.